The van der Waals surface area contributed by atoms with Gasteiger partial charge in [0, 0.05) is 20.0 Å². The van der Waals surface area contributed by atoms with E-state index in [4.69, 9.17) is 0 Å². The molecule has 0 aromatic carbocycles. The average molecular weight is 168 g/mol. The number of allylic oxidation sites excluding steroid dienone is 1. The molecule has 0 fully saturated rings. The van der Waals surface area contributed by atoms with Crippen LogP contribution in [0.5, 0.6) is 0 Å². The zero-order valence-corrected chi connectivity index (χ0v) is 7.02. The van der Waals surface area contributed by atoms with Gasteiger partial charge in [-0.3, -0.25) is 4.79 Å². The van der Waals surface area contributed by atoms with E-state index in [2.05, 4.69) is 10.6 Å². The fourth-order valence-electron chi connectivity index (χ4n) is 1.08. The zero-order chi connectivity index (χ0) is 8.97. The molecular weight excluding hydrogens is 156 g/mol. The van der Waals surface area contributed by atoms with E-state index in [-0.39, 0.29) is 11.8 Å². The first-order valence-corrected chi connectivity index (χ1v) is 3.90. The van der Waals surface area contributed by atoms with Crippen molar-refractivity contribution in [1.29, 1.82) is 0 Å². The minimum absolute atomic E-state index is 0.156. The summed E-state index contributed by atoms with van der Waals surface area (Å²) in [7, 11) is 1.56. The Bertz CT molecular complexity index is 233. The van der Waals surface area contributed by atoms with Gasteiger partial charge in [-0.2, -0.15) is 0 Å². The average Bonchev–Trinajstić information content (AvgIpc) is 2.47. The second kappa shape index (κ2) is 3.90. The van der Waals surface area contributed by atoms with Gasteiger partial charge in [-0.25, -0.2) is 4.79 Å². The zero-order valence-electron chi connectivity index (χ0n) is 7.02. The molecule has 0 radical (unpaired) electrons. The molecule has 1 aliphatic rings. The van der Waals surface area contributed by atoms with Crippen molar-refractivity contribution in [2.45, 2.75) is 12.8 Å². The van der Waals surface area contributed by atoms with Gasteiger partial charge in [0.05, 0.1) is 0 Å². The Balaban J connectivity index is 2.28. The molecule has 0 spiro atoms. The summed E-state index contributed by atoms with van der Waals surface area (Å²) in [5, 5.41) is 5.06. The summed E-state index contributed by atoms with van der Waals surface area (Å²) >= 11 is 0. The molecule has 0 aliphatic heterocycles. The van der Waals surface area contributed by atoms with Crippen molar-refractivity contribution in [3.05, 3.63) is 11.6 Å². The van der Waals surface area contributed by atoms with Gasteiger partial charge in [-0.1, -0.05) is 0 Å². The van der Waals surface area contributed by atoms with Gasteiger partial charge >= 0.3 is 6.03 Å². The fourth-order valence-corrected chi connectivity index (χ4v) is 1.08. The Morgan fingerprint density at radius 3 is 2.83 bits per heavy atom. The van der Waals surface area contributed by atoms with E-state index in [9.17, 15) is 9.59 Å². The molecule has 12 heavy (non-hydrogen) atoms. The van der Waals surface area contributed by atoms with Gasteiger partial charge < -0.3 is 10.6 Å². The molecule has 0 unspecified atom stereocenters. The summed E-state index contributed by atoms with van der Waals surface area (Å²) in [4.78, 5) is 21.5. The number of carbonyl (C=O) groups excluding carboxylic acids is 2. The Kier molecular flexibility index (Phi) is 2.85. The van der Waals surface area contributed by atoms with Gasteiger partial charge in [0.15, 0.2) is 5.78 Å². The lowest BCUT2D eigenvalue weighted by Crippen LogP contribution is -2.33. The van der Waals surface area contributed by atoms with Crippen LogP contribution < -0.4 is 10.6 Å². The van der Waals surface area contributed by atoms with E-state index in [0.29, 0.717) is 13.0 Å². The molecule has 0 heterocycles. The maximum absolute atomic E-state index is 10.8. The van der Waals surface area contributed by atoms with E-state index < -0.39 is 0 Å². The maximum Gasteiger partial charge on any atom is 0.314 e. The quantitative estimate of drug-likeness (QED) is 0.619. The number of hydrogen-bond acceptors (Lipinski definition) is 2. The summed E-state index contributed by atoms with van der Waals surface area (Å²) in [5.74, 6) is 0.156. The number of urea groups is 1. The molecule has 66 valence electrons. The second-order valence-electron chi connectivity index (χ2n) is 2.70. The Morgan fingerprint density at radius 1 is 1.58 bits per heavy atom. The number of amides is 2. The van der Waals surface area contributed by atoms with E-state index >= 15 is 0 Å². The Hall–Kier alpha value is -1.32. The van der Waals surface area contributed by atoms with Crippen molar-refractivity contribution >= 4 is 11.8 Å². The Labute approximate surface area is 71.0 Å². The van der Waals surface area contributed by atoms with Crippen LogP contribution in [-0.4, -0.2) is 25.4 Å². The molecule has 0 atom stereocenters. The Morgan fingerprint density at radius 2 is 2.33 bits per heavy atom. The topological polar surface area (TPSA) is 58.2 Å². The summed E-state index contributed by atoms with van der Waals surface area (Å²) < 4.78 is 0. The van der Waals surface area contributed by atoms with Crippen LogP contribution in [0.15, 0.2) is 11.6 Å². The highest BCUT2D eigenvalue weighted by atomic mass is 16.2. The highest BCUT2D eigenvalue weighted by Gasteiger charge is 2.11. The van der Waals surface area contributed by atoms with Gasteiger partial charge in [0.2, 0.25) is 0 Å². The first kappa shape index (κ1) is 8.77. The third-order valence-electron chi connectivity index (χ3n) is 1.76. The predicted octanol–water partition coefficient (Wildman–Crippen LogP) is 0.205. The number of rotatable bonds is 2. The molecule has 0 aromatic rings. The summed E-state index contributed by atoms with van der Waals surface area (Å²) in [6.45, 7) is 0.478. The lowest BCUT2D eigenvalue weighted by atomic mass is 10.2. The van der Waals surface area contributed by atoms with Crippen LogP contribution in [0.2, 0.25) is 0 Å². The van der Waals surface area contributed by atoms with Crippen LogP contribution >= 0.6 is 0 Å². The van der Waals surface area contributed by atoms with E-state index in [1.165, 1.54) is 0 Å². The number of carbonyl (C=O) groups is 2. The van der Waals surface area contributed by atoms with E-state index in [0.717, 1.165) is 12.0 Å². The number of nitrogens with one attached hydrogen (secondary N) is 2. The summed E-state index contributed by atoms with van der Waals surface area (Å²) in [5.41, 5.74) is 1.00. The van der Waals surface area contributed by atoms with Gasteiger partial charge in [0.1, 0.15) is 0 Å². The number of hydrogen-bond donors (Lipinski definition) is 2. The first-order valence-electron chi connectivity index (χ1n) is 3.90. The fraction of sp³-hybridized carbons (Fsp3) is 0.500. The third-order valence-corrected chi connectivity index (χ3v) is 1.76. The van der Waals surface area contributed by atoms with Gasteiger partial charge in [-0.15, -0.1) is 0 Å². The van der Waals surface area contributed by atoms with Crippen molar-refractivity contribution < 1.29 is 9.59 Å². The van der Waals surface area contributed by atoms with Crippen LogP contribution in [-0.2, 0) is 4.79 Å². The maximum atomic E-state index is 10.8. The third kappa shape index (κ3) is 2.38. The molecule has 4 heteroatoms. The van der Waals surface area contributed by atoms with Crippen molar-refractivity contribution in [1.82, 2.24) is 10.6 Å². The highest BCUT2D eigenvalue weighted by molar-refractivity contribution is 5.93. The minimum Gasteiger partial charge on any atom is -0.341 e. The SMILES string of the molecule is CNC(=O)NCC1=CC(=O)CC1. The first-order chi connectivity index (χ1) is 5.72. The molecule has 0 saturated heterocycles. The van der Waals surface area contributed by atoms with Crippen molar-refractivity contribution in [3.8, 4) is 0 Å². The molecule has 0 bridgehead atoms. The monoisotopic (exact) mass is 168 g/mol. The second-order valence-corrected chi connectivity index (χ2v) is 2.70. The molecule has 2 N–H and O–H groups in total. The van der Waals surface area contributed by atoms with Crippen molar-refractivity contribution in [3.63, 3.8) is 0 Å². The molecule has 1 rings (SSSR count). The molecule has 0 aromatic heterocycles. The van der Waals surface area contributed by atoms with Crippen molar-refractivity contribution in [2.75, 3.05) is 13.6 Å². The number of ketones is 1. The van der Waals surface area contributed by atoms with E-state index in [1.54, 1.807) is 13.1 Å². The van der Waals surface area contributed by atoms with Crippen LogP contribution in [0.4, 0.5) is 4.79 Å². The van der Waals surface area contributed by atoms with Crippen LogP contribution in [0.25, 0.3) is 0 Å². The van der Waals surface area contributed by atoms with Gasteiger partial charge in [0.25, 0.3) is 0 Å². The smallest absolute Gasteiger partial charge is 0.314 e. The molecular formula is C8H12N2O2. The van der Waals surface area contributed by atoms with E-state index in [1.807, 2.05) is 0 Å². The van der Waals surface area contributed by atoms with Crippen molar-refractivity contribution in [2.24, 2.45) is 0 Å². The lowest BCUT2D eigenvalue weighted by Gasteiger charge is -2.03. The van der Waals surface area contributed by atoms with Crippen LogP contribution in [0.3, 0.4) is 0 Å². The molecule has 1 aliphatic carbocycles. The minimum atomic E-state index is -0.213. The normalized spacial score (nSPS) is 15.8. The van der Waals surface area contributed by atoms with Crippen LogP contribution in [0, 0.1) is 0 Å². The largest absolute Gasteiger partial charge is 0.341 e. The van der Waals surface area contributed by atoms with Gasteiger partial charge in [-0.05, 0) is 18.1 Å². The molecule has 2 amide bonds. The summed E-state index contributed by atoms with van der Waals surface area (Å²) in [6, 6.07) is -0.213. The van der Waals surface area contributed by atoms with Crippen LogP contribution in [0.1, 0.15) is 12.8 Å². The standard InChI is InChI=1S/C8H12N2O2/c1-9-8(12)10-5-6-2-3-7(11)4-6/h4H,2-3,5H2,1H3,(H2,9,10,12). The predicted molar refractivity (Wildman–Crippen MR) is 44.8 cm³/mol. The highest BCUT2D eigenvalue weighted by Crippen LogP contribution is 2.13. The lowest BCUT2D eigenvalue weighted by molar-refractivity contribution is -0.114. The summed E-state index contributed by atoms with van der Waals surface area (Å²) in [6.07, 6.45) is 2.98. The molecule has 4 nitrogen and oxygen atoms in total. The molecule has 0 saturated carbocycles.